The molecular formula is C21H25ClN4O3. The van der Waals surface area contributed by atoms with Gasteiger partial charge in [-0.2, -0.15) is 5.26 Å². The quantitative estimate of drug-likeness (QED) is 0.785. The number of carbonyl (C=O) groups is 1. The van der Waals surface area contributed by atoms with Gasteiger partial charge in [-0.25, -0.2) is 9.78 Å². The molecule has 4 aliphatic carbocycles. The molecule has 3 unspecified atom stereocenters. The highest BCUT2D eigenvalue weighted by molar-refractivity contribution is 6.33. The first kappa shape index (κ1) is 19.0. The predicted molar refractivity (Wildman–Crippen MR) is 106 cm³/mol. The summed E-state index contributed by atoms with van der Waals surface area (Å²) in [5, 5.41) is 23.3. The van der Waals surface area contributed by atoms with Crippen molar-refractivity contribution < 1.29 is 14.6 Å². The van der Waals surface area contributed by atoms with Crippen LogP contribution in [-0.4, -0.2) is 51.9 Å². The van der Waals surface area contributed by atoms with Crippen molar-refractivity contribution in [3.05, 3.63) is 22.8 Å². The Kier molecular flexibility index (Phi) is 4.60. The van der Waals surface area contributed by atoms with E-state index >= 15 is 0 Å². The molecule has 8 heteroatoms. The molecule has 0 spiro atoms. The van der Waals surface area contributed by atoms with Crippen LogP contribution >= 0.6 is 11.6 Å². The van der Waals surface area contributed by atoms with E-state index in [1.165, 1.54) is 6.20 Å². The molecule has 2 N–H and O–H groups in total. The lowest BCUT2D eigenvalue weighted by Crippen LogP contribution is -2.58. The van der Waals surface area contributed by atoms with E-state index in [1.54, 1.807) is 11.0 Å². The van der Waals surface area contributed by atoms with E-state index in [-0.39, 0.29) is 18.2 Å². The zero-order chi connectivity index (χ0) is 20.2. The number of ether oxygens (including phenoxy) is 1. The van der Waals surface area contributed by atoms with Gasteiger partial charge >= 0.3 is 6.09 Å². The number of nitrogens with one attached hydrogen (secondary N) is 1. The van der Waals surface area contributed by atoms with E-state index in [0.29, 0.717) is 47.2 Å². The Labute approximate surface area is 175 Å². The highest BCUT2D eigenvalue weighted by Crippen LogP contribution is 2.56. The Morgan fingerprint density at radius 3 is 2.79 bits per heavy atom. The van der Waals surface area contributed by atoms with E-state index in [2.05, 4.69) is 10.3 Å². The topological polar surface area (TPSA) is 98.5 Å². The summed E-state index contributed by atoms with van der Waals surface area (Å²) in [6, 6.07) is 3.64. The predicted octanol–water partition coefficient (Wildman–Crippen LogP) is 3.17. The molecule has 5 fully saturated rings. The maximum absolute atomic E-state index is 12.8. The van der Waals surface area contributed by atoms with Gasteiger partial charge in [0.2, 0.25) is 0 Å². The average Bonchev–Trinajstić information content (AvgIpc) is 3.13. The molecule has 154 valence electrons. The fourth-order valence-electron chi connectivity index (χ4n) is 6.16. The molecule has 1 amide bonds. The molecule has 29 heavy (non-hydrogen) atoms. The van der Waals surface area contributed by atoms with Crippen molar-refractivity contribution in [2.75, 3.05) is 18.4 Å². The number of likely N-dealkylation sites (tertiary alicyclic amines) is 1. The first-order valence-corrected chi connectivity index (χ1v) is 10.8. The Morgan fingerprint density at radius 2 is 2.14 bits per heavy atom. The molecule has 5 aliphatic rings. The smallest absolute Gasteiger partial charge is 0.410 e. The van der Waals surface area contributed by atoms with Crippen molar-refractivity contribution in [1.29, 1.82) is 5.26 Å². The number of amides is 1. The van der Waals surface area contributed by atoms with Crippen molar-refractivity contribution in [1.82, 2.24) is 9.88 Å². The van der Waals surface area contributed by atoms with Crippen molar-refractivity contribution in [2.45, 2.75) is 56.3 Å². The highest BCUT2D eigenvalue weighted by Gasteiger charge is 2.56. The van der Waals surface area contributed by atoms with E-state index in [0.717, 1.165) is 38.5 Å². The molecule has 1 saturated heterocycles. The van der Waals surface area contributed by atoms with Gasteiger partial charge in [-0.05, 0) is 62.3 Å². The standard InChI is InChI=1S/C21H25ClN4O3/c22-17-5-13(9-23)10-24-19(17)25-16-1-2-26(11-16)20(27)29-18-14-3-12-4-15(18)8-21(28,6-12)7-14/h5,10,12,14-16,18,28H,1-4,6-8,11H2,(H,24,25)/t12?,14-,15?,16+,18?,21-/m0/s1. The number of carbonyl (C=O) groups excluding carboxylic acids is 1. The van der Waals surface area contributed by atoms with Crippen LogP contribution in [0, 0.1) is 29.1 Å². The molecule has 4 bridgehead atoms. The summed E-state index contributed by atoms with van der Waals surface area (Å²) in [6.45, 7) is 1.16. The first-order valence-electron chi connectivity index (χ1n) is 10.4. The van der Waals surface area contributed by atoms with Crippen LogP contribution in [0.15, 0.2) is 12.3 Å². The number of rotatable bonds is 3. The molecule has 0 radical (unpaired) electrons. The summed E-state index contributed by atoms with van der Waals surface area (Å²) in [5.74, 6) is 1.72. The Hall–Kier alpha value is -2.04. The third kappa shape index (κ3) is 3.53. The molecule has 1 aromatic rings. The van der Waals surface area contributed by atoms with E-state index in [1.807, 2.05) is 6.07 Å². The minimum absolute atomic E-state index is 0.0414. The second-order valence-corrected chi connectivity index (χ2v) is 9.69. The molecule has 7 nitrogen and oxygen atoms in total. The highest BCUT2D eigenvalue weighted by atomic mass is 35.5. The van der Waals surface area contributed by atoms with Crippen LogP contribution in [0.3, 0.4) is 0 Å². The number of pyridine rings is 1. The van der Waals surface area contributed by atoms with Crippen LogP contribution < -0.4 is 5.32 Å². The van der Waals surface area contributed by atoms with Crippen LogP contribution in [0.2, 0.25) is 5.02 Å². The van der Waals surface area contributed by atoms with Crippen molar-refractivity contribution in [3.8, 4) is 6.07 Å². The molecule has 6 atom stereocenters. The van der Waals surface area contributed by atoms with Crippen LogP contribution in [0.5, 0.6) is 0 Å². The lowest BCUT2D eigenvalue weighted by atomic mass is 9.53. The minimum atomic E-state index is -0.518. The van der Waals surface area contributed by atoms with E-state index < -0.39 is 5.60 Å². The Balaban J connectivity index is 1.18. The third-order valence-corrected chi connectivity index (χ3v) is 7.44. The van der Waals surface area contributed by atoms with Gasteiger partial charge in [-0.15, -0.1) is 0 Å². The summed E-state index contributed by atoms with van der Waals surface area (Å²) in [4.78, 5) is 18.8. The van der Waals surface area contributed by atoms with Gasteiger partial charge in [-0.3, -0.25) is 0 Å². The van der Waals surface area contributed by atoms with Crippen LogP contribution in [0.1, 0.15) is 44.1 Å². The molecular weight excluding hydrogens is 392 g/mol. The summed E-state index contributed by atoms with van der Waals surface area (Å²) >= 11 is 6.19. The number of aromatic nitrogens is 1. The van der Waals surface area contributed by atoms with E-state index in [4.69, 9.17) is 21.6 Å². The van der Waals surface area contributed by atoms with Gasteiger partial charge < -0.3 is 20.1 Å². The summed E-state index contributed by atoms with van der Waals surface area (Å²) in [6.07, 6.45) is 6.57. The van der Waals surface area contributed by atoms with Gasteiger partial charge in [0, 0.05) is 25.3 Å². The number of halogens is 1. The molecule has 1 aromatic heterocycles. The monoisotopic (exact) mass is 416 g/mol. The summed E-state index contributed by atoms with van der Waals surface area (Å²) in [7, 11) is 0. The zero-order valence-corrected chi connectivity index (χ0v) is 16.9. The lowest BCUT2D eigenvalue weighted by molar-refractivity contribution is -0.177. The minimum Gasteiger partial charge on any atom is -0.446 e. The Morgan fingerprint density at radius 1 is 1.38 bits per heavy atom. The van der Waals surface area contributed by atoms with Crippen LogP contribution in [0.4, 0.5) is 10.6 Å². The Bertz CT molecular complexity index is 856. The number of hydrogen-bond donors (Lipinski definition) is 2. The van der Waals surface area contributed by atoms with Gasteiger partial charge in [0.1, 0.15) is 18.0 Å². The zero-order valence-electron chi connectivity index (χ0n) is 16.2. The lowest BCUT2D eigenvalue weighted by Gasteiger charge is -2.57. The van der Waals surface area contributed by atoms with Crippen molar-refractivity contribution in [2.24, 2.45) is 17.8 Å². The maximum Gasteiger partial charge on any atom is 0.410 e. The summed E-state index contributed by atoms with van der Waals surface area (Å²) < 4.78 is 5.98. The molecule has 6 rings (SSSR count). The molecule has 2 heterocycles. The number of nitrogens with zero attached hydrogens (tertiary/aromatic N) is 3. The van der Waals surface area contributed by atoms with Crippen molar-refractivity contribution >= 4 is 23.5 Å². The van der Waals surface area contributed by atoms with E-state index in [9.17, 15) is 9.90 Å². The maximum atomic E-state index is 12.8. The second-order valence-electron chi connectivity index (χ2n) is 9.28. The molecule has 4 saturated carbocycles. The first-order chi connectivity index (χ1) is 13.9. The number of anilines is 1. The van der Waals surface area contributed by atoms with Gasteiger partial charge in [-0.1, -0.05) is 11.6 Å². The number of nitriles is 1. The third-order valence-electron chi connectivity index (χ3n) is 7.15. The van der Waals surface area contributed by atoms with Crippen LogP contribution in [0.25, 0.3) is 0 Å². The summed E-state index contributed by atoms with van der Waals surface area (Å²) in [5.41, 5.74) is -0.104. The fraction of sp³-hybridized carbons (Fsp3) is 0.667. The number of aliphatic hydroxyl groups is 1. The number of hydrogen-bond acceptors (Lipinski definition) is 6. The SMILES string of the molecule is N#Cc1cnc(N[C@@H]2CCN(C(=O)OC3C4CC5C[C@H]3C[C@@](O)(C5)C4)C2)c(Cl)c1. The van der Waals surface area contributed by atoms with Gasteiger partial charge in [0.05, 0.1) is 16.2 Å². The van der Waals surface area contributed by atoms with Crippen LogP contribution in [-0.2, 0) is 4.74 Å². The largest absolute Gasteiger partial charge is 0.446 e. The second kappa shape index (κ2) is 7.03. The average molecular weight is 417 g/mol. The van der Waals surface area contributed by atoms with Crippen molar-refractivity contribution in [3.63, 3.8) is 0 Å². The normalized spacial score (nSPS) is 37.4. The molecule has 0 aromatic carbocycles. The molecule has 1 aliphatic heterocycles. The van der Waals surface area contributed by atoms with Gasteiger partial charge in [0.15, 0.2) is 0 Å². The fourth-order valence-corrected chi connectivity index (χ4v) is 6.38. The van der Waals surface area contributed by atoms with Gasteiger partial charge in [0.25, 0.3) is 0 Å².